The highest BCUT2D eigenvalue weighted by Gasteiger charge is 2.17. The number of hydrogen-bond acceptors (Lipinski definition) is 4. The summed E-state index contributed by atoms with van der Waals surface area (Å²) in [6.45, 7) is 5.06. The first kappa shape index (κ1) is 15.0. The van der Waals surface area contributed by atoms with Gasteiger partial charge in [0, 0.05) is 32.0 Å². The molecule has 0 aliphatic rings. The maximum Gasteiger partial charge on any atom is 0.256 e. The van der Waals surface area contributed by atoms with E-state index in [4.69, 9.17) is 15.2 Å². The summed E-state index contributed by atoms with van der Waals surface area (Å²) in [6, 6.07) is 5.01. The van der Waals surface area contributed by atoms with Crippen molar-refractivity contribution >= 4 is 11.6 Å². The number of nitrogens with zero attached hydrogens (tertiary/aromatic N) is 1. The Bertz CT molecular complexity index is 446. The number of rotatable bonds is 7. The molecule has 1 rings (SSSR count). The Labute approximate surface area is 113 Å². The van der Waals surface area contributed by atoms with Gasteiger partial charge in [0.25, 0.3) is 5.91 Å². The second-order valence-electron chi connectivity index (χ2n) is 3.99. The first-order valence-corrected chi connectivity index (χ1v) is 5.96. The van der Waals surface area contributed by atoms with Crippen LogP contribution in [0.25, 0.3) is 0 Å². The Morgan fingerprint density at radius 1 is 1.47 bits per heavy atom. The quantitative estimate of drug-likeness (QED) is 0.599. The van der Waals surface area contributed by atoms with Crippen molar-refractivity contribution in [2.75, 3.05) is 39.6 Å². The van der Waals surface area contributed by atoms with Gasteiger partial charge in [-0.3, -0.25) is 4.79 Å². The van der Waals surface area contributed by atoms with E-state index in [0.717, 1.165) is 0 Å². The van der Waals surface area contributed by atoms with E-state index in [1.165, 1.54) is 0 Å². The third-order valence-electron chi connectivity index (χ3n) is 2.69. The predicted octanol–water partition coefficient (Wildman–Crippen LogP) is 1.55. The van der Waals surface area contributed by atoms with Crippen molar-refractivity contribution in [3.05, 3.63) is 36.4 Å². The Hall–Kier alpha value is -2.01. The molecule has 1 amide bonds. The average molecular weight is 264 g/mol. The van der Waals surface area contributed by atoms with Crippen LogP contribution in [0.5, 0.6) is 5.75 Å². The van der Waals surface area contributed by atoms with Crippen molar-refractivity contribution in [3.8, 4) is 5.75 Å². The molecule has 0 aliphatic heterocycles. The number of hydrogen-bond donors (Lipinski definition) is 1. The summed E-state index contributed by atoms with van der Waals surface area (Å²) < 4.78 is 10.1. The lowest BCUT2D eigenvalue weighted by Gasteiger charge is -2.21. The topological polar surface area (TPSA) is 64.8 Å². The standard InChI is InChI=1S/C14H20N2O3/c1-4-7-16(8-9-18-2)14(17)12-6-5-11(19-3)10-13(12)15/h4-6,10H,1,7-9,15H2,2-3H3. The van der Waals surface area contributed by atoms with Crippen molar-refractivity contribution < 1.29 is 14.3 Å². The molecule has 104 valence electrons. The highest BCUT2D eigenvalue weighted by Crippen LogP contribution is 2.21. The van der Waals surface area contributed by atoms with Crippen LogP contribution in [0.2, 0.25) is 0 Å². The van der Waals surface area contributed by atoms with Crippen LogP contribution in [0.3, 0.4) is 0 Å². The zero-order valence-corrected chi connectivity index (χ0v) is 11.4. The first-order valence-electron chi connectivity index (χ1n) is 5.96. The molecule has 0 atom stereocenters. The number of carbonyl (C=O) groups is 1. The minimum Gasteiger partial charge on any atom is -0.497 e. The normalized spacial score (nSPS) is 10.0. The van der Waals surface area contributed by atoms with Crippen LogP contribution >= 0.6 is 0 Å². The maximum absolute atomic E-state index is 12.4. The van der Waals surface area contributed by atoms with E-state index in [9.17, 15) is 4.79 Å². The smallest absolute Gasteiger partial charge is 0.256 e. The summed E-state index contributed by atoms with van der Waals surface area (Å²) >= 11 is 0. The molecule has 0 aromatic heterocycles. The first-order chi connectivity index (χ1) is 9.13. The van der Waals surface area contributed by atoms with Crippen LogP contribution in [0.15, 0.2) is 30.9 Å². The molecular formula is C14H20N2O3. The zero-order chi connectivity index (χ0) is 14.3. The van der Waals surface area contributed by atoms with Gasteiger partial charge in [0.05, 0.1) is 19.3 Å². The number of nitrogens with two attached hydrogens (primary N) is 1. The molecule has 19 heavy (non-hydrogen) atoms. The largest absolute Gasteiger partial charge is 0.497 e. The van der Waals surface area contributed by atoms with Crippen molar-refractivity contribution in [1.82, 2.24) is 4.90 Å². The Balaban J connectivity index is 2.92. The minimum atomic E-state index is -0.142. The minimum absolute atomic E-state index is 0.142. The molecule has 0 bridgehead atoms. The van der Waals surface area contributed by atoms with Crippen LogP contribution in [0, 0.1) is 0 Å². The number of amides is 1. The predicted molar refractivity (Wildman–Crippen MR) is 75.4 cm³/mol. The van der Waals surface area contributed by atoms with Gasteiger partial charge in [-0.05, 0) is 12.1 Å². The Kier molecular flexibility index (Phi) is 5.89. The lowest BCUT2D eigenvalue weighted by atomic mass is 10.1. The van der Waals surface area contributed by atoms with E-state index in [0.29, 0.717) is 36.7 Å². The Morgan fingerprint density at radius 2 is 2.21 bits per heavy atom. The van der Waals surface area contributed by atoms with Crippen molar-refractivity contribution in [1.29, 1.82) is 0 Å². The molecule has 0 spiro atoms. The van der Waals surface area contributed by atoms with Gasteiger partial charge in [-0.1, -0.05) is 6.08 Å². The number of benzene rings is 1. The molecular weight excluding hydrogens is 244 g/mol. The number of ether oxygens (including phenoxy) is 2. The lowest BCUT2D eigenvalue weighted by Crippen LogP contribution is -2.34. The van der Waals surface area contributed by atoms with Gasteiger partial charge in [-0.2, -0.15) is 0 Å². The van der Waals surface area contributed by atoms with Crippen molar-refractivity contribution in [2.45, 2.75) is 0 Å². The van der Waals surface area contributed by atoms with Gasteiger partial charge in [0.15, 0.2) is 0 Å². The fraction of sp³-hybridized carbons (Fsp3) is 0.357. The van der Waals surface area contributed by atoms with Crippen LogP contribution in [-0.4, -0.2) is 44.7 Å². The molecule has 0 saturated heterocycles. The monoisotopic (exact) mass is 264 g/mol. The van der Waals surface area contributed by atoms with E-state index in [1.54, 1.807) is 43.4 Å². The third kappa shape index (κ3) is 3.99. The molecule has 0 fully saturated rings. The highest BCUT2D eigenvalue weighted by atomic mass is 16.5. The molecule has 5 nitrogen and oxygen atoms in total. The summed E-state index contributed by atoms with van der Waals surface area (Å²) in [5, 5.41) is 0. The van der Waals surface area contributed by atoms with E-state index in [-0.39, 0.29) is 5.91 Å². The number of methoxy groups -OCH3 is 2. The molecule has 0 unspecified atom stereocenters. The molecule has 1 aromatic carbocycles. The summed E-state index contributed by atoms with van der Waals surface area (Å²) in [4.78, 5) is 14.0. The summed E-state index contributed by atoms with van der Waals surface area (Å²) in [7, 11) is 3.15. The number of anilines is 1. The SMILES string of the molecule is C=CCN(CCOC)C(=O)c1ccc(OC)cc1N. The van der Waals surface area contributed by atoms with Crippen LogP contribution in [0.4, 0.5) is 5.69 Å². The van der Waals surface area contributed by atoms with Gasteiger partial charge in [0.1, 0.15) is 5.75 Å². The summed E-state index contributed by atoms with van der Waals surface area (Å²) in [5.41, 5.74) is 6.73. The second-order valence-corrected chi connectivity index (χ2v) is 3.99. The van der Waals surface area contributed by atoms with Gasteiger partial charge in [0.2, 0.25) is 0 Å². The summed E-state index contributed by atoms with van der Waals surface area (Å²) in [5.74, 6) is 0.485. The highest BCUT2D eigenvalue weighted by molar-refractivity contribution is 5.99. The average Bonchev–Trinajstić information content (AvgIpc) is 2.42. The second kappa shape index (κ2) is 7.43. The fourth-order valence-electron chi connectivity index (χ4n) is 1.67. The molecule has 0 aliphatic carbocycles. The molecule has 1 aromatic rings. The maximum atomic E-state index is 12.4. The zero-order valence-electron chi connectivity index (χ0n) is 11.4. The van der Waals surface area contributed by atoms with Gasteiger partial charge in [-0.25, -0.2) is 0 Å². The fourth-order valence-corrected chi connectivity index (χ4v) is 1.67. The van der Waals surface area contributed by atoms with E-state index in [2.05, 4.69) is 6.58 Å². The van der Waals surface area contributed by atoms with E-state index >= 15 is 0 Å². The van der Waals surface area contributed by atoms with Crippen LogP contribution in [0.1, 0.15) is 10.4 Å². The number of carbonyl (C=O) groups excluding carboxylic acids is 1. The van der Waals surface area contributed by atoms with E-state index < -0.39 is 0 Å². The molecule has 0 heterocycles. The van der Waals surface area contributed by atoms with Gasteiger partial charge >= 0.3 is 0 Å². The molecule has 0 radical (unpaired) electrons. The third-order valence-corrected chi connectivity index (χ3v) is 2.69. The lowest BCUT2D eigenvalue weighted by molar-refractivity contribution is 0.0719. The van der Waals surface area contributed by atoms with Gasteiger partial charge in [-0.15, -0.1) is 6.58 Å². The molecule has 5 heteroatoms. The van der Waals surface area contributed by atoms with Crippen molar-refractivity contribution in [3.63, 3.8) is 0 Å². The summed E-state index contributed by atoms with van der Waals surface area (Å²) in [6.07, 6.45) is 1.67. The Morgan fingerprint density at radius 3 is 2.74 bits per heavy atom. The van der Waals surface area contributed by atoms with Crippen molar-refractivity contribution in [2.24, 2.45) is 0 Å². The van der Waals surface area contributed by atoms with Gasteiger partial charge < -0.3 is 20.1 Å². The van der Waals surface area contributed by atoms with Crippen LogP contribution in [-0.2, 0) is 4.74 Å². The molecule has 0 saturated carbocycles. The van der Waals surface area contributed by atoms with E-state index in [1.807, 2.05) is 0 Å². The number of nitrogen functional groups attached to an aromatic ring is 1. The van der Waals surface area contributed by atoms with Crippen LogP contribution < -0.4 is 10.5 Å². The molecule has 2 N–H and O–H groups in total.